The first-order chi connectivity index (χ1) is 8.81. The molecule has 3 nitrogen and oxygen atoms in total. The molecule has 2 aliphatic heterocycles. The molecule has 3 unspecified atom stereocenters. The van der Waals surface area contributed by atoms with E-state index in [0.29, 0.717) is 11.8 Å². The SMILES string of the molecule is O=C(CC1CCCNC1)N1CC2CCCC(C2)C1. The van der Waals surface area contributed by atoms with E-state index in [1.54, 1.807) is 0 Å². The minimum Gasteiger partial charge on any atom is -0.342 e. The van der Waals surface area contributed by atoms with E-state index in [-0.39, 0.29) is 0 Å². The second-order valence-corrected chi connectivity index (χ2v) is 6.61. The van der Waals surface area contributed by atoms with E-state index in [4.69, 9.17) is 0 Å². The molecule has 0 spiro atoms. The number of amides is 1. The van der Waals surface area contributed by atoms with E-state index in [9.17, 15) is 4.79 Å². The smallest absolute Gasteiger partial charge is 0.222 e. The number of hydrogen-bond donors (Lipinski definition) is 1. The summed E-state index contributed by atoms with van der Waals surface area (Å²) in [4.78, 5) is 14.6. The Bertz CT molecular complexity index is 287. The van der Waals surface area contributed by atoms with Crippen molar-refractivity contribution in [2.45, 2.75) is 44.9 Å². The molecule has 1 N–H and O–H groups in total. The molecule has 2 saturated heterocycles. The number of nitrogens with one attached hydrogen (secondary N) is 1. The van der Waals surface area contributed by atoms with E-state index in [1.807, 2.05) is 0 Å². The highest BCUT2D eigenvalue weighted by Crippen LogP contribution is 2.34. The molecule has 1 aliphatic carbocycles. The van der Waals surface area contributed by atoms with Gasteiger partial charge in [-0.1, -0.05) is 6.42 Å². The van der Waals surface area contributed by atoms with Gasteiger partial charge in [-0.3, -0.25) is 4.79 Å². The average Bonchev–Trinajstić information content (AvgIpc) is 2.39. The van der Waals surface area contributed by atoms with Crippen molar-refractivity contribution < 1.29 is 4.79 Å². The van der Waals surface area contributed by atoms with Gasteiger partial charge in [0.05, 0.1) is 0 Å². The zero-order chi connectivity index (χ0) is 12.4. The molecule has 2 heterocycles. The summed E-state index contributed by atoms with van der Waals surface area (Å²) in [6.45, 7) is 4.29. The highest BCUT2D eigenvalue weighted by atomic mass is 16.2. The molecule has 2 bridgehead atoms. The number of piperidine rings is 2. The second kappa shape index (κ2) is 5.60. The van der Waals surface area contributed by atoms with E-state index >= 15 is 0 Å². The number of likely N-dealkylation sites (tertiary alicyclic amines) is 1. The van der Waals surface area contributed by atoms with Crippen molar-refractivity contribution >= 4 is 5.91 Å². The minimum absolute atomic E-state index is 0.431. The van der Waals surface area contributed by atoms with Crippen LogP contribution in [0, 0.1) is 17.8 Å². The van der Waals surface area contributed by atoms with Crippen LogP contribution in [0.4, 0.5) is 0 Å². The van der Waals surface area contributed by atoms with Crippen molar-refractivity contribution in [2.24, 2.45) is 17.8 Å². The predicted molar refractivity (Wildman–Crippen MR) is 72.2 cm³/mol. The first kappa shape index (κ1) is 12.5. The fraction of sp³-hybridized carbons (Fsp3) is 0.933. The summed E-state index contributed by atoms with van der Waals surface area (Å²) < 4.78 is 0. The lowest BCUT2D eigenvalue weighted by molar-refractivity contribution is -0.136. The highest BCUT2D eigenvalue weighted by molar-refractivity contribution is 5.76. The summed E-state index contributed by atoms with van der Waals surface area (Å²) in [5.41, 5.74) is 0. The van der Waals surface area contributed by atoms with Gasteiger partial charge in [-0.2, -0.15) is 0 Å². The van der Waals surface area contributed by atoms with Crippen LogP contribution < -0.4 is 5.32 Å². The lowest BCUT2D eigenvalue weighted by Gasteiger charge is -2.42. The number of carbonyl (C=O) groups is 1. The maximum absolute atomic E-state index is 12.4. The van der Waals surface area contributed by atoms with Crippen molar-refractivity contribution in [3.63, 3.8) is 0 Å². The van der Waals surface area contributed by atoms with Gasteiger partial charge in [0.1, 0.15) is 0 Å². The van der Waals surface area contributed by atoms with Crippen LogP contribution in [0.15, 0.2) is 0 Å². The molecule has 0 aromatic heterocycles. The highest BCUT2D eigenvalue weighted by Gasteiger charge is 2.33. The summed E-state index contributed by atoms with van der Waals surface area (Å²) in [6, 6.07) is 0. The largest absolute Gasteiger partial charge is 0.342 e. The zero-order valence-electron chi connectivity index (χ0n) is 11.4. The van der Waals surface area contributed by atoms with Crippen LogP contribution >= 0.6 is 0 Å². The normalized spacial score (nSPS) is 36.4. The maximum Gasteiger partial charge on any atom is 0.222 e. The molecule has 102 valence electrons. The molecule has 1 saturated carbocycles. The third kappa shape index (κ3) is 2.87. The minimum atomic E-state index is 0.431. The van der Waals surface area contributed by atoms with Crippen LogP contribution in [-0.2, 0) is 4.79 Å². The predicted octanol–water partition coefficient (Wildman–Crippen LogP) is 2.02. The van der Waals surface area contributed by atoms with E-state index in [2.05, 4.69) is 10.2 Å². The first-order valence-corrected chi connectivity index (χ1v) is 7.80. The molecule has 3 rings (SSSR count). The van der Waals surface area contributed by atoms with Gasteiger partial charge >= 0.3 is 0 Å². The number of rotatable bonds is 2. The van der Waals surface area contributed by atoms with Crippen LogP contribution in [0.5, 0.6) is 0 Å². The summed E-state index contributed by atoms with van der Waals surface area (Å²) in [7, 11) is 0. The van der Waals surface area contributed by atoms with Gasteiger partial charge in [-0.05, 0) is 62.9 Å². The van der Waals surface area contributed by atoms with Gasteiger partial charge in [0.25, 0.3) is 0 Å². The third-order valence-corrected chi connectivity index (χ3v) is 5.06. The van der Waals surface area contributed by atoms with Gasteiger partial charge in [0.15, 0.2) is 0 Å². The maximum atomic E-state index is 12.4. The van der Waals surface area contributed by atoms with Crippen molar-refractivity contribution in [3.05, 3.63) is 0 Å². The molecule has 3 atom stereocenters. The van der Waals surface area contributed by atoms with E-state index in [1.165, 1.54) is 38.5 Å². The molecule has 0 radical (unpaired) electrons. The van der Waals surface area contributed by atoms with Crippen LogP contribution in [0.25, 0.3) is 0 Å². The van der Waals surface area contributed by atoms with Crippen molar-refractivity contribution in [1.82, 2.24) is 10.2 Å². The summed E-state index contributed by atoms with van der Waals surface area (Å²) in [5.74, 6) is 2.64. The Kier molecular flexibility index (Phi) is 3.88. The number of nitrogens with zero attached hydrogens (tertiary/aromatic N) is 1. The molecule has 3 aliphatic rings. The zero-order valence-corrected chi connectivity index (χ0v) is 11.4. The lowest BCUT2D eigenvalue weighted by atomic mass is 9.77. The van der Waals surface area contributed by atoms with Crippen LogP contribution in [-0.4, -0.2) is 37.0 Å². The lowest BCUT2D eigenvalue weighted by Crippen LogP contribution is -2.46. The quantitative estimate of drug-likeness (QED) is 0.813. The monoisotopic (exact) mass is 250 g/mol. The third-order valence-electron chi connectivity index (χ3n) is 5.06. The van der Waals surface area contributed by atoms with Gasteiger partial charge < -0.3 is 10.2 Å². The molecule has 0 aromatic carbocycles. The van der Waals surface area contributed by atoms with E-state index in [0.717, 1.165) is 44.4 Å². The van der Waals surface area contributed by atoms with Crippen LogP contribution in [0.2, 0.25) is 0 Å². The average molecular weight is 250 g/mol. The number of carbonyl (C=O) groups excluding carboxylic acids is 1. The molecular weight excluding hydrogens is 224 g/mol. The Morgan fingerprint density at radius 1 is 1.11 bits per heavy atom. The molecule has 18 heavy (non-hydrogen) atoms. The summed E-state index contributed by atoms with van der Waals surface area (Å²) in [5, 5.41) is 3.41. The van der Waals surface area contributed by atoms with E-state index < -0.39 is 0 Å². The van der Waals surface area contributed by atoms with Crippen LogP contribution in [0.1, 0.15) is 44.9 Å². The van der Waals surface area contributed by atoms with Gasteiger partial charge in [0.2, 0.25) is 5.91 Å². The Hall–Kier alpha value is -0.570. The van der Waals surface area contributed by atoms with Gasteiger partial charge in [-0.25, -0.2) is 0 Å². The Balaban J connectivity index is 1.52. The Labute approximate surface area is 110 Å². The van der Waals surface area contributed by atoms with Crippen molar-refractivity contribution in [3.8, 4) is 0 Å². The molecular formula is C15H26N2O. The first-order valence-electron chi connectivity index (χ1n) is 7.80. The summed E-state index contributed by atoms with van der Waals surface area (Å²) in [6.07, 6.45) is 8.74. The van der Waals surface area contributed by atoms with Gasteiger partial charge in [0, 0.05) is 19.5 Å². The summed E-state index contributed by atoms with van der Waals surface area (Å²) >= 11 is 0. The number of fused-ring (bicyclic) bond motifs is 2. The van der Waals surface area contributed by atoms with Crippen molar-refractivity contribution in [1.29, 1.82) is 0 Å². The van der Waals surface area contributed by atoms with Gasteiger partial charge in [-0.15, -0.1) is 0 Å². The number of hydrogen-bond acceptors (Lipinski definition) is 2. The van der Waals surface area contributed by atoms with Crippen LogP contribution in [0.3, 0.4) is 0 Å². The molecule has 3 heteroatoms. The topological polar surface area (TPSA) is 32.3 Å². The standard InChI is InChI=1S/C15H26N2O/c18-15(8-12-5-2-6-16-9-12)17-10-13-3-1-4-14(7-13)11-17/h12-14,16H,1-11H2. The Morgan fingerprint density at radius 3 is 2.56 bits per heavy atom. The molecule has 3 fully saturated rings. The second-order valence-electron chi connectivity index (χ2n) is 6.61. The Morgan fingerprint density at radius 2 is 1.89 bits per heavy atom. The fourth-order valence-electron chi connectivity index (χ4n) is 4.11. The van der Waals surface area contributed by atoms with Crippen molar-refractivity contribution in [2.75, 3.05) is 26.2 Å². The fourth-order valence-corrected chi connectivity index (χ4v) is 4.11. The molecule has 1 amide bonds. The molecule has 0 aromatic rings.